The quantitative estimate of drug-likeness (QED) is 0.389. The van der Waals surface area contributed by atoms with Crippen molar-refractivity contribution in [1.29, 1.82) is 0 Å². The second-order valence-corrected chi connectivity index (χ2v) is 7.43. The molecule has 1 saturated heterocycles. The first kappa shape index (κ1) is 19.4. The van der Waals surface area contributed by atoms with Crippen LogP contribution in [-0.2, 0) is 4.74 Å². The molecule has 0 unspecified atom stereocenters. The maximum Gasteiger partial charge on any atom is 0.222 e. The number of aliphatic hydroxyl groups excluding tert-OH is 2. The minimum Gasteiger partial charge on any atom is -0.394 e. The van der Waals surface area contributed by atoms with Crippen LogP contribution < -0.4 is 11.1 Å². The molecule has 1 aliphatic rings. The number of anilines is 3. The number of aliphatic hydroxyl groups is 2. The molecule has 158 valence electrons. The summed E-state index contributed by atoms with van der Waals surface area (Å²) in [6.45, 7) is -0.273. The molecule has 2 aromatic heterocycles. The Hall–Kier alpha value is -3.53. The van der Waals surface area contributed by atoms with Gasteiger partial charge in [0.15, 0.2) is 5.65 Å². The molecule has 0 radical (unpaired) electrons. The molecule has 3 atom stereocenters. The fourth-order valence-electron chi connectivity index (χ4n) is 3.81. The second kappa shape index (κ2) is 7.95. The third-order valence-electron chi connectivity index (χ3n) is 5.37. The summed E-state index contributed by atoms with van der Waals surface area (Å²) >= 11 is 0. The van der Waals surface area contributed by atoms with Crippen molar-refractivity contribution in [3.8, 4) is 11.1 Å². The number of imidazole rings is 1. The fraction of sp³-hybridized carbons (Fsp3) is 0.227. The van der Waals surface area contributed by atoms with Gasteiger partial charge in [0.05, 0.1) is 18.9 Å². The number of nitrogens with one attached hydrogen (secondary N) is 1. The molecule has 5 N–H and O–H groups in total. The Balaban J connectivity index is 1.50. The van der Waals surface area contributed by atoms with Crippen molar-refractivity contribution in [3.05, 3.63) is 60.8 Å². The van der Waals surface area contributed by atoms with Crippen LogP contribution in [0.4, 0.5) is 17.6 Å². The van der Waals surface area contributed by atoms with Gasteiger partial charge in [-0.15, -0.1) is 0 Å². The number of aromatic nitrogens is 4. The van der Waals surface area contributed by atoms with Crippen molar-refractivity contribution in [2.24, 2.45) is 0 Å². The van der Waals surface area contributed by atoms with Gasteiger partial charge >= 0.3 is 0 Å². The van der Waals surface area contributed by atoms with Gasteiger partial charge in [-0.1, -0.05) is 42.5 Å². The Morgan fingerprint density at radius 2 is 1.81 bits per heavy atom. The van der Waals surface area contributed by atoms with Crippen LogP contribution in [0.3, 0.4) is 0 Å². The van der Waals surface area contributed by atoms with Gasteiger partial charge in [-0.25, -0.2) is 9.97 Å². The van der Waals surface area contributed by atoms with Crippen molar-refractivity contribution in [2.45, 2.75) is 24.9 Å². The average Bonchev–Trinajstić information content (AvgIpc) is 3.33. The number of nitrogens with zero attached hydrogens (tertiary/aromatic N) is 4. The van der Waals surface area contributed by atoms with Crippen LogP contribution in [0.15, 0.2) is 60.8 Å². The number of rotatable bonds is 5. The summed E-state index contributed by atoms with van der Waals surface area (Å²) in [6, 6.07) is 18.1. The summed E-state index contributed by atoms with van der Waals surface area (Å²) in [5, 5.41) is 23.0. The summed E-state index contributed by atoms with van der Waals surface area (Å²) in [4.78, 5) is 12.9. The Bertz CT molecular complexity index is 1200. The van der Waals surface area contributed by atoms with E-state index in [0.29, 0.717) is 23.5 Å². The van der Waals surface area contributed by atoms with Gasteiger partial charge in [-0.05, 0) is 23.3 Å². The Morgan fingerprint density at radius 3 is 2.52 bits per heavy atom. The zero-order chi connectivity index (χ0) is 21.4. The van der Waals surface area contributed by atoms with Gasteiger partial charge in [-0.2, -0.15) is 4.98 Å². The number of hydrogen-bond acceptors (Lipinski definition) is 8. The minimum absolute atomic E-state index is 0.115. The van der Waals surface area contributed by atoms with Crippen LogP contribution in [0.2, 0.25) is 0 Å². The van der Waals surface area contributed by atoms with Gasteiger partial charge in [0.25, 0.3) is 0 Å². The third kappa shape index (κ3) is 3.70. The smallest absolute Gasteiger partial charge is 0.222 e. The number of nitrogen functional groups attached to an aromatic ring is 1. The lowest BCUT2D eigenvalue weighted by atomic mass is 10.1. The zero-order valence-electron chi connectivity index (χ0n) is 16.6. The maximum absolute atomic E-state index is 10.2. The Labute approximate surface area is 178 Å². The number of fused-ring (bicyclic) bond motifs is 1. The number of ether oxygens (including phenoxy) is 1. The van der Waals surface area contributed by atoms with Gasteiger partial charge in [0, 0.05) is 12.1 Å². The normalized spacial score (nSPS) is 20.9. The molecule has 0 bridgehead atoms. The summed E-state index contributed by atoms with van der Waals surface area (Å²) in [5.41, 5.74) is 9.89. The zero-order valence-corrected chi connectivity index (χ0v) is 16.6. The number of hydrogen-bond donors (Lipinski definition) is 4. The molecule has 0 saturated carbocycles. The van der Waals surface area contributed by atoms with Crippen molar-refractivity contribution in [2.75, 3.05) is 17.7 Å². The van der Waals surface area contributed by atoms with Gasteiger partial charge in [-0.3, -0.25) is 4.57 Å². The van der Waals surface area contributed by atoms with Crippen LogP contribution in [-0.4, -0.2) is 48.5 Å². The molecule has 9 nitrogen and oxygen atoms in total. The molecule has 0 amide bonds. The Kier molecular flexibility index (Phi) is 4.99. The maximum atomic E-state index is 10.2. The molecule has 4 aromatic rings. The van der Waals surface area contributed by atoms with E-state index in [-0.39, 0.29) is 12.6 Å². The van der Waals surface area contributed by atoms with Gasteiger partial charge in [0.1, 0.15) is 17.8 Å². The second-order valence-electron chi connectivity index (χ2n) is 7.43. The summed E-state index contributed by atoms with van der Waals surface area (Å²) in [6.07, 6.45) is -0.170. The highest BCUT2D eigenvalue weighted by Gasteiger charge is 2.36. The van der Waals surface area contributed by atoms with E-state index < -0.39 is 18.4 Å². The van der Waals surface area contributed by atoms with E-state index in [4.69, 9.17) is 10.5 Å². The summed E-state index contributed by atoms with van der Waals surface area (Å²) in [5.74, 6) is 0.600. The molecule has 9 heteroatoms. The molecule has 0 spiro atoms. The SMILES string of the molecule is Nc1ncc2nc(Nc3ccc(-c4ccccc4)cc3)n([C@H]3C[C@H](O)[C@@H](CO)O3)c2n1. The topological polar surface area (TPSA) is 131 Å². The van der Waals surface area contributed by atoms with Gasteiger partial charge < -0.3 is 26.0 Å². The highest BCUT2D eigenvalue weighted by Crippen LogP contribution is 2.35. The Morgan fingerprint density at radius 1 is 1.06 bits per heavy atom. The first-order valence-electron chi connectivity index (χ1n) is 9.99. The lowest BCUT2D eigenvalue weighted by Crippen LogP contribution is -2.24. The summed E-state index contributed by atoms with van der Waals surface area (Å²) in [7, 11) is 0. The minimum atomic E-state index is -0.787. The number of benzene rings is 2. The van der Waals surface area contributed by atoms with E-state index >= 15 is 0 Å². The van der Waals surface area contributed by atoms with Gasteiger partial charge in [0.2, 0.25) is 11.9 Å². The van der Waals surface area contributed by atoms with Crippen molar-refractivity contribution < 1.29 is 14.9 Å². The fourth-order valence-corrected chi connectivity index (χ4v) is 3.81. The van der Waals surface area contributed by atoms with E-state index in [9.17, 15) is 10.2 Å². The van der Waals surface area contributed by atoms with Crippen molar-refractivity contribution >= 4 is 28.7 Å². The number of nitrogens with two attached hydrogens (primary N) is 1. The van der Waals surface area contributed by atoms with Crippen molar-refractivity contribution in [1.82, 2.24) is 19.5 Å². The van der Waals surface area contributed by atoms with E-state index in [1.54, 1.807) is 10.8 Å². The molecule has 0 aliphatic carbocycles. The predicted molar refractivity (Wildman–Crippen MR) is 117 cm³/mol. The lowest BCUT2D eigenvalue weighted by Gasteiger charge is -2.17. The molecule has 2 aromatic carbocycles. The molecule has 1 aliphatic heterocycles. The molecular weight excluding hydrogens is 396 g/mol. The van der Waals surface area contributed by atoms with Crippen LogP contribution in [0.5, 0.6) is 0 Å². The highest BCUT2D eigenvalue weighted by atomic mass is 16.5. The first-order valence-corrected chi connectivity index (χ1v) is 9.99. The molecule has 31 heavy (non-hydrogen) atoms. The average molecular weight is 418 g/mol. The van der Waals surface area contributed by atoms with E-state index in [1.165, 1.54) is 0 Å². The van der Waals surface area contributed by atoms with Crippen LogP contribution in [0.1, 0.15) is 12.6 Å². The first-order chi connectivity index (χ1) is 15.1. The predicted octanol–water partition coefficient (Wildman–Crippen LogP) is 2.46. The lowest BCUT2D eigenvalue weighted by molar-refractivity contribution is -0.0425. The standard InChI is InChI=1S/C22H22N6O3/c23-21-24-11-16-20(27-21)28(19-10-17(30)18(12-29)31-19)22(26-16)25-15-8-6-14(7-9-15)13-4-2-1-3-5-13/h1-9,11,17-19,29-30H,10,12H2,(H,25,26)(H2,23,24,27)/t17-,18+,19+/m0/s1. The van der Waals surface area contributed by atoms with E-state index in [2.05, 4.69) is 32.4 Å². The monoisotopic (exact) mass is 418 g/mol. The third-order valence-corrected chi connectivity index (χ3v) is 5.37. The highest BCUT2D eigenvalue weighted by molar-refractivity contribution is 5.77. The van der Waals surface area contributed by atoms with Crippen LogP contribution >= 0.6 is 0 Å². The molecule has 5 rings (SSSR count). The van der Waals surface area contributed by atoms with Crippen LogP contribution in [0.25, 0.3) is 22.3 Å². The largest absolute Gasteiger partial charge is 0.394 e. The molecular formula is C22H22N6O3. The molecule has 1 fully saturated rings. The van der Waals surface area contributed by atoms with Crippen LogP contribution in [0, 0.1) is 0 Å². The van der Waals surface area contributed by atoms with E-state index in [1.807, 2.05) is 42.5 Å². The van der Waals surface area contributed by atoms with E-state index in [0.717, 1.165) is 16.8 Å². The summed E-state index contributed by atoms with van der Waals surface area (Å²) < 4.78 is 7.60. The van der Waals surface area contributed by atoms with Crippen molar-refractivity contribution in [3.63, 3.8) is 0 Å². The molecule has 3 heterocycles.